The zero-order chi connectivity index (χ0) is 43.7. The Labute approximate surface area is 359 Å². The lowest BCUT2D eigenvalue weighted by Crippen LogP contribution is -2.37. The first kappa shape index (κ1) is 56.2. The molecule has 1 unspecified atom stereocenters. The summed E-state index contributed by atoms with van der Waals surface area (Å²) in [4.78, 5) is 22.9. The quantitative estimate of drug-likeness (QED) is 0.0105. The lowest BCUT2D eigenvalue weighted by atomic mass is 10.1. The summed E-state index contributed by atoms with van der Waals surface area (Å²) in [6.07, 6.45) is 47.5. The van der Waals surface area contributed by atoms with Gasteiger partial charge in [-0.2, -0.15) is 0 Å². The summed E-state index contributed by atoms with van der Waals surface area (Å²) in [5.41, 5.74) is 0. The molecule has 0 aliphatic heterocycles. The molecule has 3 N–H and O–H groups in total. The molecule has 10 nitrogen and oxygen atoms in total. The molecule has 0 spiro atoms. The first-order chi connectivity index (χ1) is 28.4. The molecule has 59 heavy (non-hydrogen) atoms. The van der Waals surface area contributed by atoms with Gasteiger partial charge in [0.05, 0.1) is 46.2 Å². The third kappa shape index (κ3) is 43.1. The van der Waals surface area contributed by atoms with Crippen molar-refractivity contribution in [2.45, 2.75) is 154 Å². The molecule has 0 aliphatic carbocycles. The second kappa shape index (κ2) is 39.3. The van der Waals surface area contributed by atoms with Crippen LogP contribution in [0.2, 0.25) is 0 Å². The molecule has 11 heteroatoms. The van der Waals surface area contributed by atoms with Crippen molar-refractivity contribution in [3.63, 3.8) is 0 Å². The Hall–Kier alpha value is -2.82. The van der Waals surface area contributed by atoms with Gasteiger partial charge in [0, 0.05) is 6.42 Å². The van der Waals surface area contributed by atoms with E-state index in [2.05, 4.69) is 26.0 Å². The minimum absolute atomic E-state index is 0.0340. The Morgan fingerprint density at radius 1 is 0.661 bits per heavy atom. The Balaban J connectivity index is 4.59. The van der Waals surface area contributed by atoms with Crippen LogP contribution in [0.1, 0.15) is 136 Å². The summed E-state index contributed by atoms with van der Waals surface area (Å²) in [7, 11) is 1.48. The van der Waals surface area contributed by atoms with Crippen LogP contribution in [0.3, 0.4) is 0 Å². The average molecular weight is 849 g/mol. The van der Waals surface area contributed by atoms with Crippen LogP contribution < -0.4 is 0 Å². The summed E-state index contributed by atoms with van der Waals surface area (Å²) in [6.45, 7) is 4.47. The Kier molecular flexibility index (Phi) is 37.4. The van der Waals surface area contributed by atoms with Crippen LogP contribution >= 0.6 is 7.82 Å². The number of aliphatic hydroxyl groups excluding tert-OH is 2. The molecule has 0 radical (unpaired) electrons. The first-order valence-corrected chi connectivity index (χ1v) is 23.8. The molecule has 0 heterocycles. The largest absolute Gasteiger partial charge is 0.498 e. The van der Waals surface area contributed by atoms with Gasteiger partial charge < -0.3 is 29.1 Å². The van der Waals surface area contributed by atoms with Crippen molar-refractivity contribution in [1.82, 2.24) is 0 Å². The van der Waals surface area contributed by atoms with E-state index < -0.39 is 32.1 Å². The molecule has 0 aromatic carbocycles. The Morgan fingerprint density at radius 3 is 1.92 bits per heavy atom. The van der Waals surface area contributed by atoms with Gasteiger partial charge in [-0.1, -0.05) is 144 Å². The number of esters is 1. The number of phosphoric acid groups is 1. The average Bonchev–Trinajstić information content (AvgIpc) is 3.18. The van der Waals surface area contributed by atoms with Crippen molar-refractivity contribution in [3.8, 4) is 0 Å². The van der Waals surface area contributed by atoms with Gasteiger partial charge in [-0.15, -0.1) is 0 Å². The van der Waals surface area contributed by atoms with Crippen molar-refractivity contribution in [2.24, 2.45) is 0 Å². The highest BCUT2D eigenvalue weighted by atomic mass is 31.2. The van der Waals surface area contributed by atoms with Gasteiger partial charge in [0.1, 0.15) is 19.8 Å². The summed E-state index contributed by atoms with van der Waals surface area (Å²) in [6, 6.07) is 0. The van der Waals surface area contributed by atoms with E-state index in [9.17, 15) is 24.5 Å². The number of carbonyl (C=O) groups is 1. The van der Waals surface area contributed by atoms with E-state index in [1.54, 1.807) is 30.6 Å². The minimum Gasteiger partial charge on any atom is -0.498 e. The molecule has 338 valence electrons. The van der Waals surface area contributed by atoms with Crippen LogP contribution in [0.4, 0.5) is 0 Å². The molecule has 0 amide bonds. The van der Waals surface area contributed by atoms with Gasteiger partial charge in [-0.3, -0.25) is 13.8 Å². The molecule has 0 aromatic rings. The van der Waals surface area contributed by atoms with Crippen LogP contribution in [0, 0.1) is 0 Å². The zero-order valence-corrected chi connectivity index (χ0v) is 38.3. The molecule has 0 fully saturated rings. The van der Waals surface area contributed by atoms with Crippen molar-refractivity contribution in [3.05, 3.63) is 97.4 Å². The number of quaternary nitrogens is 1. The van der Waals surface area contributed by atoms with Crippen LogP contribution in [0.15, 0.2) is 97.4 Å². The molecule has 0 bridgehead atoms. The Bertz CT molecular complexity index is 1300. The molecule has 0 aliphatic rings. The van der Waals surface area contributed by atoms with Gasteiger partial charge in [-0.25, -0.2) is 4.57 Å². The van der Waals surface area contributed by atoms with Crippen molar-refractivity contribution >= 4 is 13.8 Å². The van der Waals surface area contributed by atoms with E-state index >= 15 is 0 Å². The molecule has 0 aromatic heterocycles. The second-order valence-electron chi connectivity index (χ2n) is 15.8. The lowest BCUT2D eigenvalue weighted by Gasteiger charge is -2.24. The number of phosphoric ester groups is 1. The van der Waals surface area contributed by atoms with Crippen LogP contribution in [0.25, 0.3) is 0 Å². The highest BCUT2D eigenvalue weighted by molar-refractivity contribution is 7.47. The third-order valence-corrected chi connectivity index (χ3v) is 9.85. The number of nitrogens with zero attached hydrogens (tertiary/aromatic N) is 1. The number of likely N-dealkylation sites (N-methyl/N-ethyl adjacent to an activating group) is 1. The number of unbranched alkanes of at least 4 members (excludes halogenated alkanes) is 12. The fraction of sp³-hybridized carbons (Fsp3) is 0.646. The maximum atomic E-state index is 12.7. The summed E-state index contributed by atoms with van der Waals surface area (Å²) >= 11 is 0. The number of carbonyl (C=O) groups excluding carboxylic acids is 1. The SMILES string of the molecule is CC/C=C\C[C@H](O)/C=C/C=C\C/C=C\C=C\[C@H](O)/C=C\CCCC(=O)O[C@H](CO/C=C/CCCCCC/C=C\CCCCCCCC)COP(=O)(O)OCC[N+](C)(C)C. The zero-order valence-electron chi connectivity index (χ0n) is 37.4. The summed E-state index contributed by atoms with van der Waals surface area (Å²) < 4.78 is 34.5. The van der Waals surface area contributed by atoms with Crippen molar-refractivity contribution in [2.75, 3.05) is 47.5 Å². The maximum Gasteiger partial charge on any atom is 0.472 e. The van der Waals surface area contributed by atoms with E-state index in [0.29, 0.717) is 30.3 Å². The van der Waals surface area contributed by atoms with E-state index in [0.717, 1.165) is 38.5 Å². The third-order valence-electron chi connectivity index (χ3n) is 8.87. The Morgan fingerprint density at radius 2 is 1.27 bits per heavy atom. The standard InChI is InChI=1S/C48H82NO9P/c1-6-8-10-11-12-13-14-15-16-17-18-19-20-24-27-34-41-55-43-47(44-57-59(53,54)56-42-40-49(3,4)5)58-48(52)39-33-28-32-38-46(51)37-31-26-23-21-22-25-30-36-45(50)35-29-9-7-2/h9,15-16,22-23,25-26,29-32,34,36-38,41,45-47,50-51H,6-8,10-14,17-21,24,27-28,33,35,39-40,42-44H2,1-5H3/p+1/b16-15-,25-22-,26-23-,29-9-,36-30+,37-31+,38-32-,41-34+/t45-,46-,47+/m0/s1. The van der Waals surface area contributed by atoms with Crippen molar-refractivity contribution < 1.29 is 47.5 Å². The predicted molar refractivity (Wildman–Crippen MR) is 245 cm³/mol. The second-order valence-corrected chi connectivity index (χ2v) is 17.3. The molecule has 0 saturated carbocycles. The number of rotatable bonds is 39. The van der Waals surface area contributed by atoms with Crippen LogP contribution in [-0.4, -0.2) is 91.4 Å². The fourth-order valence-electron chi connectivity index (χ4n) is 5.37. The molecule has 0 rings (SSSR count). The molecule has 4 atom stereocenters. The molecule has 0 saturated heterocycles. The topological polar surface area (TPSA) is 132 Å². The van der Waals surface area contributed by atoms with E-state index in [1.165, 1.54) is 57.8 Å². The number of hydrogen-bond acceptors (Lipinski definition) is 8. The molecular weight excluding hydrogens is 766 g/mol. The highest BCUT2D eigenvalue weighted by Gasteiger charge is 2.26. The fourth-order valence-corrected chi connectivity index (χ4v) is 6.11. The summed E-state index contributed by atoms with van der Waals surface area (Å²) in [5.74, 6) is -0.481. The maximum absolute atomic E-state index is 12.7. The van der Waals surface area contributed by atoms with E-state index in [-0.39, 0.29) is 26.2 Å². The van der Waals surface area contributed by atoms with Crippen LogP contribution in [0.5, 0.6) is 0 Å². The van der Waals surface area contributed by atoms with Gasteiger partial charge in [0.2, 0.25) is 0 Å². The van der Waals surface area contributed by atoms with Crippen LogP contribution in [-0.2, 0) is 27.9 Å². The predicted octanol–water partition coefficient (Wildman–Crippen LogP) is 11.3. The molecular formula is C48H83NO9P+. The highest BCUT2D eigenvalue weighted by Crippen LogP contribution is 2.43. The van der Waals surface area contributed by atoms with Gasteiger partial charge in [0.15, 0.2) is 6.10 Å². The number of aliphatic hydroxyl groups is 2. The monoisotopic (exact) mass is 849 g/mol. The lowest BCUT2D eigenvalue weighted by molar-refractivity contribution is -0.870. The normalized spacial score (nSPS) is 15.7. The van der Waals surface area contributed by atoms with Gasteiger partial charge >= 0.3 is 13.8 Å². The van der Waals surface area contributed by atoms with Gasteiger partial charge in [-0.05, 0) is 76.7 Å². The minimum atomic E-state index is -4.36. The number of ether oxygens (including phenoxy) is 2. The summed E-state index contributed by atoms with van der Waals surface area (Å²) in [5, 5.41) is 20.1. The smallest absolute Gasteiger partial charge is 0.472 e. The number of hydrogen-bond donors (Lipinski definition) is 3. The number of allylic oxidation sites excluding steroid dienone is 11. The van der Waals surface area contributed by atoms with Crippen molar-refractivity contribution in [1.29, 1.82) is 0 Å². The van der Waals surface area contributed by atoms with E-state index in [4.69, 9.17) is 18.5 Å². The first-order valence-electron chi connectivity index (χ1n) is 22.3. The van der Waals surface area contributed by atoms with Gasteiger partial charge in [0.25, 0.3) is 0 Å². The van der Waals surface area contributed by atoms with E-state index in [1.807, 2.05) is 75.8 Å².